The number of aromatic nitrogens is 1. The molecule has 1 N–H and O–H groups in total. The predicted octanol–water partition coefficient (Wildman–Crippen LogP) is -1.78. The lowest BCUT2D eigenvalue weighted by molar-refractivity contribution is -0.697. The molecule has 0 aliphatic carbocycles. The van der Waals surface area contributed by atoms with E-state index in [9.17, 15) is 4.79 Å². The highest BCUT2D eigenvalue weighted by Crippen LogP contribution is 1.95. The van der Waals surface area contributed by atoms with Crippen molar-refractivity contribution in [3.8, 4) is 0 Å². The number of nitrogens with zero attached hydrogens (tertiary/aromatic N) is 2. The Kier molecular flexibility index (Phi) is 11.3. The average molecular weight is 344 g/mol. The average Bonchev–Trinajstić information content (AvgIpc) is 2.41. The van der Waals surface area contributed by atoms with E-state index in [4.69, 9.17) is 0 Å². The van der Waals surface area contributed by atoms with E-state index in [1.54, 1.807) is 0 Å². The van der Waals surface area contributed by atoms with Gasteiger partial charge in [-0.05, 0) is 33.5 Å². The summed E-state index contributed by atoms with van der Waals surface area (Å²) < 4.78 is 2.15. The quantitative estimate of drug-likeness (QED) is 0.425. The molecule has 1 aromatic heterocycles. The molecule has 0 fully saturated rings. The molecule has 1 heterocycles. The van der Waals surface area contributed by atoms with E-state index in [0.29, 0.717) is 6.42 Å². The molecular formula is C15H26BrN3O. The Morgan fingerprint density at radius 3 is 2.45 bits per heavy atom. The van der Waals surface area contributed by atoms with Crippen molar-refractivity contribution in [1.82, 2.24) is 10.2 Å². The number of amides is 1. The maximum Gasteiger partial charge on any atom is 0.219 e. The lowest BCUT2D eigenvalue weighted by Gasteiger charge is -2.09. The molecule has 0 bridgehead atoms. The standard InChI is InChI=1S/C15H25N3O.BrH/c1-17(2)11-8-10-16-15(19)9-4-7-14-18-12-5-3-6-13-18;/h3,5-6,12-13H,4,7-11,14H2,1-2H3;1H. The summed E-state index contributed by atoms with van der Waals surface area (Å²) >= 11 is 0. The molecule has 1 rings (SSSR count). The van der Waals surface area contributed by atoms with Crippen LogP contribution in [0.15, 0.2) is 30.6 Å². The van der Waals surface area contributed by atoms with Gasteiger partial charge < -0.3 is 27.2 Å². The van der Waals surface area contributed by atoms with E-state index in [1.807, 2.05) is 32.3 Å². The van der Waals surface area contributed by atoms with Gasteiger partial charge in [0.1, 0.15) is 6.54 Å². The van der Waals surface area contributed by atoms with E-state index < -0.39 is 0 Å². The topological polar surface area (TPSA) is 36.2 Å². The molecule has 0 spiro atoms. The number of rotatable bonds is 9. The first-order chi connectivity index (χ1) is 9.18. The first-order valence-corrected chi connectivity index (χ1v) is 7.04. The Bertz CT molecular complexity index is 357. The first-order valence-electron chi connectivity index (χ1n) is 7.04. The lowest BCUT2D eigenvalue weighted by Crippen LogP contribution is -3.00. The Morgan fingerprint density at radius 2 is 1.80 bits per heavy atom. The van der Waals surface area contributed by atoms with E-state index in [-0.39, 0.29) is 22.9 Å². The summed E-state index contributed by atoms with van der Waals surface area (Å²) in [6, 6.07) is 6.06. The van der Waals surface area contributed by atoms with Crippen molar-refractivity contribution in [2.24, 2.45) is 0 Å². The zero-order chi connectivity index (χ0) is 13.9. The van der Waals surface area contributed by atoms with Crippen LogP contribution in [0, 0.1) is 0 Å². The summed E-state index contributed by atoms with van der Waals surface area (Å²) in [4.78, 5) is 13.7. The molecule has 0 saturated carbocycles. The van der Waals surface area contributed by atoms with Crippen LogP contribution in [-0.2, 0) is 11.3 Å². The van der Waals surface area contributed by atoms with Crippen molar-refractivity contribution in [3.63, 3.8) is 0 Å². The van der Waals surface area contributed by atoms with Gasteiger partial charge in [0.25, 0.3) is 0 Å². The maximum atomic E-state index is 11.6. The Balaban J connectivity index is 0.00000361. The SMILES string of the molecule is CN(C)CCCNC(=O)CCCC[n+]1ccccc1.[Br-]. The number of hydrogen-bond acceptors (Lipinski definition) is 2. The molecule has 4 nitrogen and oxygen atoms in total. The second-order valence-electron chi connectivity index (χ2n) is 5.08. The van der Waals surface area contributed by atoms with E-state index in [2.05, 4.69) is 27.2 Å². The predicted molar refractivity (Wildman–Crippen MR) is 76.7 cm³/mol. The smallest absolute Gasteiger partial charge is 0.219 e. The zero-order valence-corrected chi connectivity index (χ0v) is 14.1. The summed E-state index contributed by atoms with van der Waals surface area (Å²) in [7, 11) is 4.09. The Labute approximate surface area is 132 Å². The van der Waals surface area contributed by atoms with Crippen LogP contribution in [0.1, 0.15) is 25.7 Å². The molecule has 0 atom stereocenters. The van der Waals surface area contributed by atoms with Gasteiger partial charge in [-0.1, -0.05) is 6.07 Å². The second kappa shape index (κ2) is 11.9. The Morgan fingerprint density at radius 1 is 1.10 bits per heavy atom. The molecule has 1 amide bonds. The van der Waals surface area contributed by atoms with Crippen LogP contribution in [-0.4, -0.2) is 38.0 Å². The largest absolute Gasteiger partial charge is 1.00 e. The van der Waals surface area contributed by atoms with Gasteiger partial charge in [0.05, 0.1) is 0 Å². The van der Waals surface area contributed by atoms with Crippen LogP contribution in [0.25, 0.3) is 0 Å². The number of aryl methyl sites for hydroxylation is 1. The molecule has 0 aliphatic rings. The summed E-state index contributed by atoms with van der Waals surface area (Å²) in [6.07, 6.45) is 7.75. The van der Waals surface area contributed by atoms with Gasteiger partial charge in [0.15, 0.2) is 12.4 Å². The van der Waals surface area contributed by atoms with Crippen molar-refractivity contribution < 1.29 is 26.3 Å². The molecule has 0 aromatic carbocycles. The molecule has 20 heavy (non-hydrogen) atoms. The van der Waals surface area contributed by atoms with Crippen molar-refractivity contribution in [3.05, 3.63) is 30.6 Å². The highest BCUT2D eigenvalue weighted by Gasteiger charge is 2.02. The minimum absolute atomic E-state index is 0. The van der Waals surface area contributed by atoms with Gasteiger partial charge in [-0.2, -0.15) is 0 Å². The van der Waals surface area contributed by atoms with Crippen LogP contribution < -0.4 is 26.9 Å². The van der Waals surface area contributed by atoms with Gasteiger partial charge in [0.2, 0.25) is 5.91 Å². The highest BCUT2D eigenvalue weighted by molar-refractivity contribution is 5.75. The van der Waals surface area contributed by atoms with Gasteiger partial charge in [-0.3, -0.25) is 4.79 Å². The fraction of sp³-hybridized carbons (Fsp3) is 0.600. The van der Waals surface area contributed by atoms with Crippen molar-refractivity contribution in [1.29, 1.82) is 0 Å². The molecule has 1 aromatic rings. The normalized spacial score (nSPS) is 10.2. The number of halogens is 1. The number of carbonyl (C=O) groups is 1. The van der Waals surface area contributed by atoms with Crippen molar-refractivity contribution in [2.45, 2.75) is 32.2 Å². The molecule has 0 aliphatic heterocycles. The number of pyridine rings is 1. The molecule has 0 saturated heterocycles. The lowest BCUT2D eigenvalue weighted by atomic mass is 10.2. The highest BCUT2D eigenvalue weighted by atomic mass is 79.9. The van der Waals surface area contributed by atoms with Crippen LogP contribution in [0.4, 0.5) is 0 Å². The fourth-order valence-corrected chi connectivity index (χ4v) is 1.87. The molecule has 114 valence electrons. The van der Waals surface area contributed by atoms with Crippen molar-refractivity contribution in [2.75, 3.05) is 27.2 Å². The van der Waals surface area contributed by atoms with Crippen LogP contribution in [0.5, 0.6) is 0 Å². The van der Waals surface area contributed by atoms with Crippen LogP contribution >= 0.6 is 0 Å². The fourth-order valence-electron chi connectivity index (χ4n) is 1.87. The van der Waals surface area contributed by atoms with Gasteiger partial charge >= 0.3 is 0 Å². The second-order valence-corrected chi connectivity index (χ2v) is 5.08. The third-order valence-corrected chi connectivity index (χ3v) is 2.95. The van der Waals surface area contributed by atoms with Gasteiger partial charge in [-0.25, -0.2) is 4.57 Å². The van der Waals surface area contributed by atoms with E-state index in [0.717, 1.165) is 38.9 Å². The number of nitrogens with one attached hydrogen (secondary N) is 1. The number of unbranched alkanes of at least 4 members (excludes halogenated alkanes) is 1. The summed E-state index contributed by atoms with van der Waals surface area (Å²) in [5.41, 5.74) is 0. The van der Waals surface area contributed by atoms with Crippen molar-refractivity contribution >= 4 is 5.91 Å². The van der Waals surface area contributed by atoms with E-state index >= 15 is 0 Å². The Hall–Kier alpha value is -0.940. The third kappa shape index (κ3) is 9.92. The van der Waals surface area contributed by atoms with Crippen LogP contribution in [0.2, 0.25) is 0 Å². The monoisotopic (exact) mass is 343 g/mol. The molecule has 0 radical (unpaired) electrons. The summed E-state index contributed by atoms with van der Waals surface area (Å²) in [5.74, 6) is 0.178. The van der Waals surface area contributed by atoms with E-state index in [1.165, 1.54) is 0 Å². The van der Waals surface area contributed by atoms with Gasteiger partial charge in [-0.15, -0.1) is 0 Å². The molecule has 5 heteroatoms. The summed E-state index contributed by atoms with van der Waals surface area (Å²) in [6.45, 7) is 2.78. The van der Waals surface area contributed by atoms with Gasteiger partial charge in [0, 0.05) is 31.5 Å². The molecular weight excluding hydrogens is 318 g/mol. The minimum atomic E-state index is 0. The molecule has 0 unspecified atom stereocenters. The zero-order valence-electron chi connectivity index (χ0n) is 12.5. The third-order valence-electron chi connectivity index (χ3n) is 2.95. The minimum Gasteiger partial charge on any atom is -1.00 e. The number of carbonyl (C=O) groups excluding carboxylic acids is 1. The first kappa shape index (κ1) is 19.1. The van der Waals surface area contributed by atoms with Crippen LogP contribution in [0.3, 0.4) is 0 Å². The maximum absolute atomic E-state index is 11.6. The number of hydrogen-bond donors (Lipinski definition) is 1. The summed E-state index contributed by atoms with van der Waals surface area (Å²) in [5, 5.41) is 2.96.